The zero-order chi connectivity index (χ0) is 59.6. The maximum atomic E-state index is 5.91. The number of benzene rings is 6. The van der Waals surface area contributed by atoms with E-state index in [4.69, 9.17) is 23.9 Å². The number of rotatable bonds is 6. The van der Waals surface area contributed by atoms with E-state index in [1.165, 1.54) is 60.8 Å². The third kappa shape index (κ3) is 13.5. The lowest BCUT2D eigenvalue weighted by molar-refractivity contribution is 0.411. The first kappa shape index (κ1) is 58.9. The topological polar surface area (TPSA) is 97.4 Å². The molecule has 426 valence electrons. The molecule has 0 N–H and O–H groups in total. The Balaban J connectivity index is 0.000000133. The first-order chi connectivity index (χ1) is 39.3. The standard InChI is InChI=1S/C19H22N2.C19H21NO.C18H19NO2.C17H19N3/c1-13-8-9-15(14(2)11-13)17-12-21-10-6-7-16(18(21)20-17)19(3,4)5;1-19(2,3)20-12-11-15-5-6-16(13-18(15)20)14-7-9-17(21-4)10-8-14;1-18(2,3)14-6-5-7-15-16(14)19-17(21-15)12-8-10-13(20-4)11-9-12;1-17(2,3)15-6-5-7-16-14(15)8-12(9-18-16)13-10-19-20(4)11-13/h6-12H,1-5H3;5-13H,1-4H3;5-11H,1-4H3;5-11H,1-4H3. The van der Waals surface area contributed by atoms with Gasteiger partial charge in [0, 0.05) is 82.3 Å². The Labute approximate surface area is 490 Å². The number of nitrogens with zero attached hydrogens (tertiary/aromatic N) is 7. The molecule has 0 aliphatic carbocycles. The van der Waals surface area contributed by atoms with Crippen molar-refractivity contribution in [2.45, 2.75) is 119 Å². The smallest absolute Gasteiger partial charge is 0.227 e. The minimum absolute atomic E-state index is 0.0353. The highest BCUT2D eigenvalue weighted by atomic mass is 16.5. The van der Waals surface area contributed by atoms with Gasteiger partial charge in [-0.2, -0.15) is 5.10 Å². The number of imidazole rings is 1. The molecule has 0 fully saturated rings. The van der Waals surface area contributed by atoms with Gasteiger partial charge in [-0.1, -0.05) is 141 Å². The van der Waals surface area contributed by atoms with Gasteiger partial charge in [0.05, 0.1) is 31.6 Å². The number of aryl methyl sites for hydroxylation is 3. The highest BCUT2D eigenvalue weighted by molar-refractivity contribution is 5.88. The van der Waals surface area contributed by atoms with Crippen LogP contribution in [0.15, 0.2) is 187 Å². The molecule has 0 amide bonds. The summed E-state index contributed by atoms with van der Waals surface area (Å²) in [6.45, 7) is 30.9. The predicted octanol–water partition coefficient (Wildman–Crippen LogP) is 18.7. The Morgan fingerprint density at radius 1 is 0.518 bits per heavy atom. The third-order valence-corrected chi connectivity index (χ3v) is 14.9. The number of methoxy groups -OCH3 is 2. The molecule has 0 aliphatic rings. The first-order valence-electron chi connectivity index (χ1n) is 28.5. The van der Waals surface area contributed by atoms with E-state index in [-0.39, 0.29) is 21.8 Å². The summed E-state index contributed by atoms with van der Waals surface area (Å²) in [5, 5.41) is 6.74. The second kappa shape index (κ2) is 23.6. The summed E-state index contributed by atoms with van der Waals surface area (Å²) in [6, 6.07) is 50.2. The predicted molar refractivity (Wildman–Crippen MR) is 345 cm³/mol. The maximum Gasteiger partial charge on any atom is 0.227 e. The molecule has 0 spiro atoms. The normalized spacial score (nSPS) is 11.9. The molecule has 0 atom stereocenters. The summed E-state index contributed by atoms with van der Waals surface area (Å²) in [4.78, 5) is 14.2. The van der Waals surface area contributed by atoms with Crippen molar-refractivity contribution in [2.24, 2.45) is 7.05 Å². The molecular formula is C73H81N7O3. The molecule has 0 saturated heterocycles. The molecule has 0 radical (unpaired) electrons. The van der Waals surface area contributed by atoms with Crippen LogP contribution in [0.2, 0.25) is 0 Å². The van der Waals surface area contributed by atoms with Gasteiger partial charge in [0.2, 0.25) is 5.89 Å². The van der Waals surface area contributed by atoms with Gasteiger partial charge in [0.1, 0.15) is 22.7 Å². The summed E-state index contributed by atoms with van der Waals surface area (Å²) in [5.41, 5.74) is 19.7. The summed E-state index contributed by atoms with van der Waals surface area (Å²) in [6.07, 6.45) is 12.2. The largest absolute Gasteiger partial charge is 0.497 e. The van der Waals surface area contributed by atoms with E-state index in [9.17, 15) is 0 Å². The van der Waals surface area contributed by atoms with Crippen molar-refractivity contribution in [3.63, 3.8) is 0 Å². The summed E-state index contributed by atoms with van der Waals surface area (Å²) in [5.74, 6) is 2.35. The Bertz CT molecular complexity index is 4140. The molecule has 0 unspecified atom stereocenters. The fourth-order valence-corrected chi connectivity index (χ4v) is 10.4. The minimum atomic E-state index is 0.0353. The van der Waals surface area contributed by atoms with Crippen molar-refractivity contribution in [3.8, 4) is 56.5 Å². The van der Waals surface area contributed by atoms with Crippen LogP contribution in [0.3, 0.4) is 0 Å². The Morgan fingerprint density at radius 2 is 1.14 bits per heavy atom. The molecule has 0 aliphatic heterocycles. The number of fused-ring (bicyclic) bond motifs is 4. The van der Waals surface area contributed by atoms with Gasteiger partial charge in [-0.3, -0.25) is 9.67 Å². The van der Waals surface area contributed by atoms with Crippen LogP contribution in [0.4, 0.5) is 0 Å². The summed E-state index contributed by atoms with van der Waals surface area (Å²) >= 11 is 0. The van der Waals surface area contributed by atoms with Gasteiger partial charge >= 0.3 is 0 Å². The van der Waals surface area contributed by atoms with Crippen molar-refractivity contribution >= 4 is 38.6 Å². The molecule has 12 aromatic rings. The van der Waals surface area contributed by atoms with Crippen LogP contribution < -0.4 is 9.47 Å². The lowest BCUT2D eigenvalue weighted by Crippen LogP contribution is -2.20. The molecule has 6 heterocycles. The molecule has 6 aromatic carbocycles. The zero-order valence-electron chi connectivity index (χ0n) is 51.7. The number of hydrogen-bond acceptors (Lipinski definition) is 7. The van der Waals surface area contributed by atoms with Crippen LogP contribution in [-0.4, -0.2) is 47.9 Å². The maximum absolute atomic E-state index is 5.91. The van der Waals surface area contributed by atoms with Gasteiger partial charge in [0.25, 0.3) is 0 Å². The first-order valence-corrected chi connectivity index (χ1v) is 28.5. The second-order valence-electron chi connectivity index (χ2n) is 25.6. The number of ether oxygens (including phenoxy) is 2. The van der Waals surface area contributed by atoms with Crippen molar-refractivity contribution in [2.75, 3.05) is 14.2 Å². The van der Waals surface area contributed by atoms with Crippen LogP contribution in [0.5, 0.6) is 11.5 Å². The Morgan fingerprint density at radius 3 is 1.76 bits per heavy atom. The van der Waals surface area contributed by atoms with E-state index >= 15 is 0 Å². The van der Waals surface area contributed by atoms with E-state index in [0.29, 0.717) is 5.89 Å². The monoisotopic (exact) mass is 1100 g/mol. The van der Waals surface area contributed by atoms with Crippen LogP contribution in [0, 0.1) is 13.8 Å². The van der Waals surface area contributed by atoms with Gasteiger partial charge in [0.15, 0.2) is 5.58 Å². The van der Waals surface area contributed by atoms with E-state index in [2.05, 4.69) is 232 Å². The van der Waals surface area contributed by atoms with Crippen molar-refractivity contribution in [1.82, 2.24) is 33.7 Å². The highest BCUT2D eigenvalue weighted by Gasteiger charge is 2.23. The summed E-state index contributed by atoms with van der Waals surface area (Å²) < 4.78 is 22.6. The highest BCUT2D eigenvalue weighted by Crippen LogP contribution is 2.36. The molecular weight excluding hydrogens is 1020 g/mol. The number of pyridine rings is 2. The van der Waals surface area contributed by atoms with E-state index < -0.39 is 0 Å². The van der Waals surface area contributed by atoms with Gasteiger partial charge < -0.3 is 22.9 Å². The average Bonchev–Trinajstić information content (AvgIpc) is 4.36. The number of para-hydroxylation sites is 1. The van der Waals surface area contributed by atoms with Crippen LogP contribution >= 0.6 is 0 Å². The molecule has 10 nitrogen and oxygen atoms in total. The SMILES string of the molecule is COc1ccc(-c2ccc3ccn(C(C)(C)C)c3c2)cc1.COc1ccc(-c2nc3c(C(C)(C)C)cccc3o2)cc1.Cc1ccc(-c2cn3cccc(C(C)(C)C)c3n2)c(C)c1.Cn1cc(-c2cnc3cccc(C(C)(C)C)c3c2)cn1. The average molecular weight is 1100 g/mol. The quantitative estimate of drug-likeness (QED) is 0.164. The van der Waals surface area contributed by atoms with E-state index in [0.717, 1.165) is 56.1 Å². The van der Waals surface area contributed by atoms with Crippen LogP contribution in [-0.2, 0) is 28.8 Å². The fraction of sp³-hybridized carbons (Fsp3) is 0.288. The Hall–Kier alpha value is -8.76. The van der Waals surface area contributed by atoms with Gasteiger partial charge in [-0.15, -0.1) is 0 Å². The zero-order valence-corrected chi connectivity index (χ0v) is 51.7. The third-order valence-electron chi connectivity index (χ3n) is 14.9. The van der Waals surface area contributed by atoms with E-state index in [1.807, 2.05) is 78.9 Å². The molecule has 83 heavy (non-hydrogen) atoms. The molecule has 12 rings (SSSR count). The molecule has 0 bridgehead atoms. The number of oxazole rings is 1. The second-order valence-corrected chi connectivity index (χ2v) is 25.6. The lowest BCUT2D eigenvalue weighted by atomic mass is 9.84. The van der Waals surface area contributed by atoms with Crippen LogP contribution in [0.25, 0.3) is 83.5 Å². The van der Waals surface area contributed by atoms with Crippen LogP contribution in [0.1, 0.15) is 111 Å². The van der Waals surface area contributed by atoms with Gasteiger partial charge in [-0.25, -0.2) is 9.97 Å². The molecule has 10 heteroatoms. The molecule has 0 saturated carbocycles. The lowest BCUT2D eigenvalue weighted by Gasteiger charge is -2.23. The fourth-order valence-electron chi connectivity index (χ4n) is 10.4. The summed E-state index contributed by atoms with van der Waals surface area (Å²) in [7, 11) is 5.28. The number of hydrogen-bond donors (Lipinski definition) is 0. The van der Waals surface area contributed by atoms with Crippen molar-refractivity contribution in [3.05, 3.63) is 211 Å². The van der Waals surface area contributed by atoms with Crippen molar-refractivity contribution < 1.29 is 13.9 Å². The number of aromatic nitrogens is 7. The van der Waals surface area contributed by atoms with Gasteiger partial charge in [-0.05, 0) is 157 Å². The minimum Gasteiger partial charge on any atom is -0.497 e. The van der Waals surface area contributed by atoms with E-state index in [1.54, 1.807) is 14.2 Å². The van der Waals surface area contributed by atoms with Crippen molar-refractivity contribution in [1.29, 1.82) is 0 Å². The molecule has 6 aromatic heterocycles. The Kier molecular flexibility index (Phi) is 16.7.